The Morgan fingerprint density at radius 2 is 1.81 bits per heavy atom. The van der Waals surface area contributed by atoms with E-state index in [0.29, 0.717) is 0 Å². The van der Waals surface area contributed by atoms with Crippen molar-refractivity contribution in [1.82, 2.24) is 19.4 Å². The molecule has 0 unspecified atom stereocenters. The van der Waals surface area contributed by atoms with Crippen LogP contribution in [0.25, 0.3) is 5.95 Å². The summed E-state index contributed by atoms with van der Waals surface area (Å²) in [5, 5.41) is 0. The van der Waals surface area contributed by atoms with Gasteiger partial charge < -0.3 is 0 Å². The summed E-state index contributed by atoms with van der Waals surface area (Å²) in [4.78, 5) is 11.7. The van der Waals surface area contributed by atoms with Gasteiger partial charge in [-0.2, -0.15) is 0 Å². The minimum Gasteiger partial charge on any atom is -0.298 e. The van der Waals surface area contributed by atoms with Gasteiger partial charge in [-0.15, -0.1) is 0 Å². The highest BCUT2D eigenvalue weighted by atomic mass is 15.2. The Balaban J connectivity index is 1.80. The van der Waals surface area contributed by atoms with Crippen LogP contribution >= 0.6 is 0 Å². The van der Waals surface area contributed by atoms with E-state index in [4.69, 9.17) is 0 Å². The van der Waals surface area contributed by atoms with Crippen molar-refractivity contribution >= 4 is 0 Å². The minimum atomic E-state index is 0.790. The average molecular weight is 284 g/mol. The first kappa shape index (κ1) is 14.3. The van der Waals surface area contributed by atoms with Crippen molar-refractivity contribution in [3.63, 3.8) is 0 Å². The van der Waals surface area contributed by atoms with Crippen molar-refractivity contribution < 1.29 is 0 Å². The Hall–Kier alpha value is -1.68. The highest BCUT2D eigenvalue weighted by molar-refractivity contribution is 5.24. The van der Waals surface area contributed by atoms with E-state index in [1.165, 1.54) is 31.6 Å². The number of piperidine rings is 1. The van der Waals surface area contributed by atoms with Crippen molar-refractivity contribution in [3.05, 3.63) is 41.5 Å². The molecule has 0 atom stereocenters. The zero-order valence-electron chi connectivity index (χ0n) is 13.2. The van der Waals surface area contributed by atoms with Gasteiger partial charge in [-0.05, 0) is 63.9 Å². The SMILES string of the molecule is Cc1cc(C)nc(-n2cccc2CN2CCC(C)CC2)n1. The second-order valence-electron chi connectivity index (χ2n) is 6.28. The molecule has 4 nitrogen and oxygen atoms in total. The minimum absolute atomic E-state index is 0.790. The van der Waals surface area contributed by atoms with Crippen molar-refractivity contribution in [3.8, 4) is 5.95 Å². The van der Waals surface area contributed by atoms with Gasteiger partial charge in [0, 0.05) is 29.8 Å². The summed E-state index contributed by atoms with van der Waals surface area (Å²) in [6.45, 7) is 9.76. The summed E-state index contributed by atoms with van der Waals surface area (Å²) < 4.78 is 2.12. The summed E-state index contributed by atoms with van der Waals surface area (Å²) in [5.74, 6) is 1.66. The Morgan fingerprint density at radius 1 is 1.14 bits per heavy atom. The lowest BCUT2D eigenvalue weighted by atomic mass is 9.99. The molecule has 112 valence electrons. The molecule has 3 rings (SSSR count). The molecular formula is C17H24N4. The number of hydrogen-bond donors (Lipinski definition) is 0. The third-order valence-electron chi connectivity index (χ3n) is 4.28. The fraction of sp³-hybridized carbons (Fsp3) is 0.529. The lowest BCUT2D eigenvalue weighted by molar-refractivity contribution is 0.182. The number of nitrogens with zero attached hydrogens (tertiary/aromatic N) is 4. The molecule has 0 N–H and O–H groups in total. The highest BCUT2D eigenvalue weighted by Crippen LogP contribution is 2.19. The quantitative estimate of drug-likeness (QED) is 0.868. The van der Waals surface area contributed by atoms with Crippen LogP contribution in [0.1, 0.15) is 36.8 Å². The lowest BCUT2D eigenvalue weighted by Crippen LogP contribution is -2.33. The van der Waals surface area contributed by atoms with E-state index in [1.807, 2.05) is 19.9 Å². The molecule has 0 aromatic carbocycles. The summed E-state index contributed by atoms with van der Waals surface area (Å²) in [5.41, 5.74) is 3.31. The van der Waals surface area contributed by atoms with Crippen molar-refractivity contribution in [2.75, 3.05) is 13.1 Å². The Morgan fingerprint density at radius 3 is 2.48 bits per heavy atom. The second kappa shape index (κ2) is 5.98. The smallest absolute Gasteiger partial charge is 0.234 e. The standard InChI is InChI=1S/C17H24N4/c1-13-6-9-20(10-7-13)12-16-5-4-8-21(16)17-18-14(2)11-15(3)19-17/h4-5,8,11,13H,6-7,9-10,12H2,1-3H3. The predicted molar refractivity (Wildman–Crippen MR) is 84.5 cm³/mol. The number of aryl methyl sites for hydroxylation is 2. The van der Waals surface area contributed by atoms with Crippen LogP contribution in [0.15, 0.2) is 24.4 Å². The molecular weight excluding hydrogens is 260 g/mol. The molecule has 1 fully saturated rings. The van der Waals surface area contributed by atoms with Gasteiger partial charge in [-0.1, -0.05) is 6.92 Å². The predicted octanol–water partition coefficient (Wildman–Crippen LogP) is 3.12. The maximum atomic E-state index is 4.58. The molecule has 0 radical (unpaired) electrons. The van der Waals surface area contributed by atoms with Crippen LogP contribution in [0.2, 0.25) is 0 Å². The average Bonchev–Trinajstić information content (AvgIpc) is 2.88. The summed E-state index contributed by atoms with van der Waals surface area (Å²) in [6.07, 6.45) is 4.68. The Kier molecular flexibility index (Phi) is 4.06. The van der Waals surface area contributed by atoms with Gasteiger partial charge >= 0.3 is 0 Å². The van der Waals surface area contributed by atoms with Crippen LogP contribution < -0.4 is 0 Å². The van der Waals surface area contributed by atoms with Gasteiger partial charge in [0.2, 0.25) is 5.95 Å². The maximum absolute atomic E-state index is 4.58. The van der Waals surface area contributed by atoms with Crippen LogP contribution in [0, 0.1) is 19.8 Å². The fourth-order valence-electron chi connectivity index (χ4n) is 3.00. The van der Waals surface area contributed by atoms with E-state index >= 15 is 0 Å². The first-order valence-corrected chi connectivity index (χ1v) is 7.83. The van der Waals surface area contributed by atoms with E-state index in [2.05, 4.69) is 44.7 Å². The molecule has 2 aromatic heterocycles. The summed E-state index contributed by atoms with van der Waals surface area (Å²) in [6, 6.07) is 6.28. The molecule has 2 aromatic rings. The zero-order valence-corrected chi connectivity index (χ0v) is 13.2. The molecule has 1 aliphatic heterocycles. The van der Waals surface area contributed by atoms with Gasteiger partial charge in [0.25, 0.3) is 0 Å². The molecule has 4 heteroatoms. The molecule has 0 spiro atoms. The van der Waals surface area contributed by atoms with Crippen molar-refractivity contribution in [2.24, 2.45) is 5.92 Å². The van der Waals surface area contributed by atoms with E-state index in [9.17, 15) is 0 Å². The largest absolute Gasteiger partial charge is 0.298 e. The fourth-order valence-corrected chi connectivity index (χ4v) is 3.00. The summed E-state index contributed by atoms with van der Waals surface area (Å²) in [7, 11) is 0. The zero-order chi connectivity index (χ0) is 14.8. The Bertz CT molecular complexity index is 589. The van der Waals surface area contributed by atoms with E-state index in [-0.39, 0.29) is 0 Å². The first-order valence-electron chi connectivity index (χ1n) is 7.83. The van der Waals surface area contributed by atoms with Gasteiger partial charge in [0.15, 0.2) is 0 Å². The maximum Gasteiger partial charge on any atom is 0.234 e. The molecule has 0 aliphatic carbocycles. The number of rotatable bonds is 3. The number of likely N-dealkylation sites (tertiary alicyclic amines) is 1. The third kappa shape index (κ3) is 3.32. The van der Waals surface area contributed by atoms with Gasteiger partial charge in [-0.25, -0.2) is 9.97 Å². The number of hydrogen-bond acceptors (Lipinski definition) is 3. The van der Waals surface area contributed by atoms with Crippen molar-refractivity contribution in [1.29, 1.82) is 0 Å². The van der Waals surface area contributed by atoms with Gasteiger partial charge in [0.05, 0.1) is 0 Å². The highest BCUT2D eigenvalue weighted by Gasteiger charge is 2.17. The third-order valence-corrected chi connectivity index (χ3v) is 4.28. The van der Waals surface area contributed by atoms with E-state index < -0.39 is 0 Å². The normalized spacial score (nSPS) is 17.3. The number of aromatic nitrogens is 3. The Labute approximate surface area is 126 Å². The molecule has 1 saturated heterocycles. The van der Waals surface area contributed by atoms with Crippen LogP contribution in [0.4, 0.5) is 0 Å². The first-order chi connectivity index (χ1) is 10.1. The van der Waals surface area contributed by atoms with Crippen LogP contribution in [0.3, 0.4) is 0 Å². The van der Waals surface area contributed by atoms with Crippen molar-refractivity contribution in [2.45, 2.75) is 40.2 Å². The molecule has 0 saturated carbocycles. The summed E-state index contributed by atoms with van der Waals surface area (Å²) >= 11 is 0. The van der Waals surface area contributed by atoms with Gasteiger partial charge in [0.1, 0.15) is 0 Å². The molecule has 21 heavy (non-hydrogen) atoms. The molecule has 1 aliphatic rings. The van der Waals surface area contributed by atoms with Crippen LogP contribution in [-0.4, -0.2) is 32.5 Å². The van der Waals surface area contributed by atoms with Gasteiger partial charge in [-0.3, -0.25) is 9.47 Å². The molecule has 3 heterocycles. The van der Waals surface area contributed by atoms with E-state index in [0.717, 1.165) is 29.8 Å². The van der Waals surface area contributed by atoms with Crippen LogP contribution in [0.5, 0.6) is 0 Å². The molecule has 0 amide bonds. The van der Waals surface area contributed by atoms with Crippen LogP contribution in [-0.2, 0) is 6.54 Å². The second-order valence-corrected chi connectivity index (χ2v) is 6.28. The molecule has 0 bridgehead atoms. The van der Waals surface area contributed by atoms with E-state index in [1.54, 1.807) is 0 Å². The monoisotopic (exact) mass is 284 g/mol. The topological polar surface area (TPSA) is 34.0 Å². The lowest BCUT2D eigenvalue weighted by Gasteiger charge is -2.30.